The number of carbonyl (C=O) groups is 1. The molecule has 17 heavy (non-hydrogen) atoms. The number of nitrogens with one attached hydrogen (secondary N) is 1. The molecule has 0 bridgehead atoms. The second-order valence-electron chi connectivity index (χ2n) is 4.99. The van der Waals surface area contributed by atoms with Gasteiger partial charge in [0.05, 0.1) is 6.42 Å². The molecule has 3 heteroatoms. The van der Waals surface area contributed by atoms with Crippen LogP contribution in [0.15, 0.2) is 24.3 Å². The summed E-state index contributed by atoms with van der Waals surface area (Å²) >= 11 is 0. The van der Waals surface area contributed by atoms with E-state index in [2.05, 4.69) is 12.2 Å². The maximum absolute atomic E-state index is 11.7. The Morgan fingerprint density at radius 3 is 2.82 bits per heavy atom. The summed E-state index contributed by atoms with van der Waals surface area (Å²) in [7, 11) is 0. The van der Waals surface area contributed by atoms with Crippen LogP contribution in [0.5, 0.6) is 0 Å². The van der Waals surface area contributed by atoms with Gasteiger partial charge >= 0.3 is 0 Å². The summed E-state index contributed by atoms with van der Waals surface area (Å²) in [4.78, 5) is 11.7. The van der Waals surface area contributed by atoms with Gasteiger partial charge in [0.25, 0.3) is 0 Å². The molecule has 1 amide bonds. The van der Waals surface area contributed by atoms with Gasteiger partial charge in [-0.25, -0.2) is 0 Å². The largest absolute Gasteiger partial charge is 0.398 e. The molecule has 0 heterocycles. The Morgan fingerprint density at radius 2 is 2.18 bits per heavy atom. The molecule has 1 unspecified atom stereocenters. The summed E-state index contributed by atoms with van der Waals surface area (Å²) in [6.45, 7) is 2.99. The lowest BCUT2D eigenvalue weighted by Crippen LogP contribution is -2.30. The van der Waals surface area contributed by atoms with E-state index in [1.807, 2.05) is 24.3 Å². The molecule has 92 valence electrons. The third-order valence-corrected chi connectivity index (χ3v) is 3.45. The van der Waals surface area contributed by atoms with E-state index in [1.54, 1.807) is 0 Å². The maximum Gasteiger partial charge on any atom is 0.224 e. The van der Waals surface area contributed by atoms with Gasteiger partial charge in [-0.15, -0.1) is 0 Å². The van der Waals surface area contributed by atoms with Gasteiger partial charge in [0.1, 0.15) is 0 Å². The highest BCUT2D eigenvalue weighted by molar-refractivity contribution is 5.80. The lowest BCUT2D eigenvalue weighted by molar-refractivity contribution is -0.120. The van der Waals surface area contributed by atoms with Crippen molar-refractivity contribution in [3.8, 4) is 0 Å². The Hall–Kier alpha value is -1.51. The van der Waals surface area contributed by atoms with Crippen LogP contribution in [0, 0.1) is 11.8 Å². The van der Waals surface area contributed by atoms with Gasteiger partial charge in [-0.3, -0.25) is 4.79 Å². The van der Waals surface area contributed by atoms with Gasteiger partial charge in [-0.2, -0.15) is 0 Å². The lowest BCUT2D eigenvalue weighted by atomic mass is 10.1. The molecule has 0 radical (unpaired) electrons. The van der Waals surface area contributed by atoms with Crippen LogP contribution in [-0.4, -0.2) is 12.5 Å². The fraction of sp³-hybridized carbons (Fsp3) is 0.500. The molecule has 1 aromatic carbocycles. The topological polar surface area (TPSA) is 55.1 Å². The molecule has 3 nitrogen and oxygen atoms in total. The highest BCUT2D eigenvalue weighted by Gasteiger charge is 2.27. The second kappa shape index (κ2) is 5.21. The molecule has 1 atom stereocenters. The van der Waals surface area contributed by atoms with Gasteiger partial charge in [0.2, 0.25) is 5.91 Å². The zero-order valence-corrected chi connectivity index (χ0v) is 10.3. The number of amides is 1. The standard InChI is InChI=1S/C14H20N2O/c1-10(11-6-7-11)9-16-14(17)8-12-4-2-3-5-13(12)15/h2-5,10-11H,6-9,15H2,1H3,(H,16,17). The van der Waals surface area contributed by atoms with Crippen molar-refractivity contribution >= 4 is 11.6 Å². The van der Waals surface area contributed by atoms with Crippen LogP contribution in [0.3, 0.4) is 0 Å². The van der Waals surface area contributed by atoms with Crippen LogP contribution in [0.25, 0.3) is 0 Å². The van der Waals surface area contributed by atoms with E-state index in [1.165, 1.54) is 12.8 Å². The molecule has 3 N–H and O–H groups in total. The van der Waals surface area contributed by atoms with Crippen molar-refractivity contribution < 1.29 is 4.79 Å². The van der Waals surface area contributed by atoms with Crippen LogP contribution in [-0.2, 0) is 11.2 Å². The van der Waals surface area contributed by atoms with E-state index in [4.69, 9.17) is 5.73 Å². The number of hydrogen-bond acceptors (Lipinski definition) is 2. The number of para-hydroxylation sites is 1. The molecular weight excluding hydrogens is 212 g/mol. The SMILES string of the molecule is CC(CNC(=O)Cc1ccccc1N)C1CC1. The zero-order chi connectivity index (χ0) is 12.3. The highest BCUT2D eigenvalue weighted by atomic mass is 16.1. The van der Waals surface area contributed by atoms with Gasteiger partial charge in [0, 0.05) is 12.2 Å². The summed E-state index contributed by atoms with van der Waals surface area (Å²) in [6.07, 6.45) is 3.02. The number of hydrogen-bond donors (Lipinski definition) is 2. The molecule has 1 aliphatic carbocycles. The number of carbonyl (C=O) groups excluding carboxylic acids is 1. The van der Waals surface area contributed by atoms with Crippen molar-refractivity contribution in [2.24, 2.45) is 11.8 Å². The van der Waals surface area contributed by atoms with E-state index in [0.717, 1.165) is 18.0 Å². The average molecular weight is 232 g/mol. The van der Waals surface area contributed by atoms with Crippen LogP contribution in [0.4, 0.5) is 5.69 Å². The Balaban J connectivity index is 1.78. The van der Waals surface area contributed by atoms with E-state index in [-0.39, 0.29) is 5.91 Å². The second-order valence-corrected chi connectivity index (χ2v) is 4.99. The predicted molar refractivity (Wildman–Crippen MR) is 69.5 cm³/mol. The van der Waals surface area contributed by atoms with Crippen LogP contribution >= 0.6 is 0 Å². The Bertz CT molecular complexity index is 399. The van der Waals surface area contributed by atoms with E-state index >= 15 is 0 Å². The molecular formula is C14H20N2O. The molecule has 0 spiro atoms. The highest BCUT2D eigenvalue weighted by Crippen LogP contribution is 2.36. The number of nitrogen functional groups attached to an aromatic ring is 1. The van der Waals surface area contributed by atoms with E-state index in [0.29, 0.717) is 18.0 Å². The van der Waals surface area contributed by atoms with Crippen LogP contribution in [0.2, 0.25) is 0 Å². The number of anilines is 1. The molecule has 1 aromatic rings. The van der Waals surface area contributed by atoms with Gasteiger partial charge in [-0.1, -0.05) is 25.1 Å². The fourth-order valence-corrected chi connectivity index (χ4v) is 2.04. The summed E-state index contributed by atoms with van der Waals surface area (Å²) in [5.74, 6) is 1.50. The van der Waals surface area contributed by atoms with E-state index in [9.17, 15) is 4.79 Å². The number of benzene rings is 1. The number of nitrogens with two attached hydrogens (primary N) is 1. The smallest absolute Gasteiger partial charge is 0.224 e. The predicted octanol–water partition coefficient (Wildman–Crippen LogP) is 1.97. The monoisotopic (exact) mass is 232 g/mol. The normalized spacial score (nSPS) is 16.5. The van der Waals surface area contributed by atoms with Crippen molar-refractivity contribution in [1.82, 2.24) is 5.32 Å². The molecule has 1 saturated carbocycles. The molecule has 0 aromatic heterocycles. The quantitative estimate of drug-likeness (QED) is 0.763. The first-order chi connectivity index (χ1) is 8.16. The zero-order valence-electron chi connectivity index (χ0n) is 10.3. The third kappa shape index (κ3) is 3.48. The van der Waals surface area contributed by atoms with Crippen molar-refractivity contribution in [3.63, 3.8) is 0 Å². The van der Waals surface area contributed by atoms with Crippen molar-refractivity contribution in [2.45, 2.75) is 26.2 Å². The molecule has 0 saturated heterocycles. The third-order valence-electron chi connectivity index (χ3n) is 3.45. The minimum absolute atomic E-state index is 0.0652. The van der Waals surface area contributed by atoms with Crippen molar-refractivity contribution in [1.29, 1.82) is 0 Å². The molecule has 0 aliphatic heterocycles. The van der Waals surface area contributed by atoms with E-state index < -0.39 is 0 Å². The number of rotatable bonds is 5. The minimum Gasteiger partial charge on any atom is -0.398 e. The first-order valence-electron chi connectivity index (χ1n) is 6.27. The Kier molecular flexibility index (Phi) is 3.67. The van der Waals surface area contributed by atoms with Gasteiger partial charge in [0.15, 0.2) is 0 Å². The average Bonchev–Trinajstić information content (AvgIpc) is 3.13. The maximum atomic E-state index is 11.7. The van der Waals surface area contributed by atoms with Crippen molar-refractivity contribution in [2.75, 3.05) is 12.3 Å². The van der Waals surface area contributed by atoms with Gasteiger partial charge in [-0.05, 0) is 36.3 Å². The summed E-state index contributed by atoms with van der Waals surface area (Å²) in [5.41, 5.74) is 7.40. The minimum atomic E-state index is 0.0652. The molecule has 2 rings (SSSR count). The molecule has 1 fully saturated rings. The van der Waals surface area contributed by atoms with Crippen LogP contribution in [0.1, 0.15) is 25.3 Å². The van der Waals surface area contributed by atoms with Crippen molar-refractivity contribution in [3.05, 3.63) is 29.8 Å². The van der Waals surface area contributed by atoms with Crippen LogP contribution < -0.4 is 11.1 Å². The summed E-state index contributed by atoms with van der Waals surface area (Å²) in [5, 5.41) is 2.98. The summed E-state index contributed by atoms with van der Waals surface area (Å²) < 4.78 is 0. The van der Waals surface area contributed by atoms with Gasteiger partial charge < -0.3 is 11.1 Å². The Morgan fingerprint density at radius 1 is 1.47 bits per heavy atom. The first-order valence-corrected chi connectivity index (χ1v) is 6.27. The fourth-order valence-electron chi connectivity index (χ4n) is 2.04. The first kappa shape index (κ1) is 12.0. The molecule has 1 aliphatic rings. The Labute approximate surface area is 102 Å². The summed E-state index contributed by atoms with van der Waals surface area (Å²) in [6, 6.07) is 7.52. The lowest BCUT2D eigenvalue weighted by Gasteiger charge is -2.12.